The summed E-state index contributed by atoms with van der Waals surface area (Å²) in [6.07, 6.45) is 0.984. The SMILES string of the molecule is Cc1cc(C)c(C)c(OCCC(=O)N[C@@]2(C#N)CCSC2)c1. The van der Waals surface area contributed by atoms with Crippen molar-refractivity contribution in [1.29, 1.82) is 5.26 Å². The molecule has 1 N–H and O–H groups in total. The number of carbonyl (C=O) groups is 1. The first-order valence-electron chi connectivity index (χ1n) is 7.46. The van der Waals surface area contributed by atoms with Crippen molar-refractivity contribution in [3.8, 4) is 11.8 Å². The monoisotopic (exact) mass is 318 g/mol. The number of benzene rings is 1. The molecular formula is C17H22N2O2S. The van der Waals surface area contributed by atoms with Crippen LogP contribution < -0.4 is 10.1 Å². The van der Waals surface area contributed by atoms with Crippen LogP contribution in [-0.2, 0) is 4.79 Å². The van der Waals surface area contributed by atoms with E-state index in [0.29, 0.717) is 12.4 Å². The summed E-state index contributed by atoms with van der Waals surface area (Å²) in [5.41, 5.74) is 2.75. The van der Waals surface area contributed by atoms with Crippen molar-refractivity contribution in [1.82, 2.24) is 5.32 Å². The molecule has 2 rings (SSSR count). The molecule has 1 saturated heterocycles. The summed E-state index contributed by atoms with van der Waals surface area (Å²) in [4.78, 5) is 12.0. The van der Waals surface area contributed by atoms with E-state index in [-0.39, 0.29) is 12.3 Å². The molecule has 5 heteroatoms. The topological polar surface area (TPSA) is 62.1 Å². The van der Waals surface area contributed by atoms with Crippen molar-refractivity contribution in [2.75, 3.05) is 18.1 Å². The zero-order chi connectivity index (χ0) is 16.2. The molecule has 1 heterocycles. The van der Waals surface area contributed by atoms with Gasteiger partial charge >= 0.3 is 0 Å². The van der Waals surface area contributed by atoms with Crippen LogP contribution in [0, 0.1) is 32.1 Å². The largest absolute Gasteiger partial charge is 0.493 e. The van der Waals surface area contributed by atoms with E-state index in [1.165, 1.54) is 5.56 Å². The number of nitriles is 1. The van der Waals surface area contributed by atoms with Gasteiger partial charge in [0.25, 0.3) is 0 Å². The quantitative estimate of drug-likeness (QED) is 0.907. The van der Waals surface area contributed by atoms with Gasteiger partial charge in [0, 0.05) is 5.75 Å². The Kier molecular flexibility index (Phi) is 5.36. The first kappa shape index (κ1) is 16.7. The van der Waals surface area contributed by atoms with E-state index in [0.717, 1.165) is 29.1 Å². The first-order valence-corrected chi connectivity index (χ1v) is 8.62. The van der Waals surface area contributed by atoms with Gasteiger partial charge in [-0.15, -0.1) is 0 Å². The molecule has 1 atom stereocenters. The zero-order valence-electron chi connectivity index (χ0n) is 13.4. The fourth-order valence-corrected chi connectivity index (χ4v) is 3.78. The number of thioether (sulfide) groups is 1. The summed E-state index contributed by atoms with van der Waals surface area (Å²) in [6, 6.07) is 6.35. The van der Waals surface area contributed by atoms with Gasteiger partial charge in [-0.05, 0) is 55.7 Å². The molecule has 0 unspecified atom stereocenters. The van der Waals surface area contributed by atoms with Crippen molar-refractivity contribution in [2.24, 2.45) is 0 Å². The molecule has 4 nitrogen and oxygen atoms in total. The third kappa shape index (κ3) is 3.95. The van der Waals surface area contributed by atoms with E-state index < -0.39 is 5.54 Å². The minimum atomic E-state index is -0.683. The van der Waals surface area contributed by atoms with Gasteiger partial charge in [0.1, 0.15) is 11.3 Å². The zero-order valence-corrected chi connectivity index (χ0v) is 14.2. The van der Waals surface area contributed by atoms with Gasteiger partial charge in [-0.25, -0.2) is 0 Å². The fraction of sp³-hybridized carbons (Fsp3) is 0.529. The van der Waals surface area contributed by atoms with Gasteiger partial charge < -0.3 is 10.1 Å². The third-order valence-corrected chi connectivity index (χ3v) is 5.15. The maximum absolute atomic E-state index is 12.0. The molecule has 0 radical (unpaired) electrons. The van der Waals surface area contributed by atoms with Crippen LogP contribution in [0.5, 0.6) is 5.75 Å². The Hall–Kier alpha value is -1.67. The lowest BCUT2D eigenvalue weighted by atomic mass is 10.0. The van der Waals surface area contributed by atoms with E-state index in [2.05, 4.69) is 24.4 Å². The first-order chi connectivity index (χ1) is 10.5. The molecule has 1 amide bonds. The maximum atomic E-state index is 12.0. The van der Waals surface area contributed by atoms with Crippen LogP contribution in [0.3, 0.4) is 0 Å². The number of nitrogens with zero attached hydrogens (tertiary/aromatic N) is 1. The minimum absolute atomic E-state index is 0.119. The highest BCUT2D eigenvalue weighted by molar-refractivity contribution is 7.99. The van der Waals surface area contributed by atoms with Crippen LogP contribution in [-0.4, -0.2) is 29.6 Å². The maximum Gasteiger partial charge on any atom is 0.224 e. The highest BCUT2D eigenvalue weighted by atomic mass is 32.2. The molecule has 118 valence electrons. The summed E-state index contributed by atoms with van der Waals surface area (Å²) in [7, 11) is 0. The van der Waals surface area contributed by atoms with Crippen molar-refractivity contribution in [2.45, 2.75) is 39.2 Å². The van der Waals surface area contributed by atoms with Crippen molar-refractivity contribution < 1.29 is 9.53 Å². The van der Waals surface area contributed by atoms with E-state index in [9.17, 15) is 10.1 Å². The average Bonchev–Trinajstić information content (AvgIpc) is 2.93. The molecule has 0 aromatic heterocycles. The normalized spacial score (nSPS) is 20.5. The van der Waals surface area contributed by atoms with Crippen LogP contribution >= 0.6 is 11.8 Å². The summed E-state index contributed by atoms with van der Waals surface area (Å²) in [6.45, 7) is 6.42. The number of hydrogen-bond acceptors (Lipinski definition) is 4. The fourth-order valence-electron chi connectivity index (χ4n) is 2.51. The molecule has 1 fully saturated rings. The van der Waals surface area contributed by atoms with Gasteiger partial charge in [0.05, 0.1) is 19.1 Å². The molecule has 1 aliphatic rings. The van der Waals surface area contributed by atoms with Crippen LogP contribution in [0.15, 0.2) is 12.1 Å². The van der Waals surface area contributed by atoms with Gasteiger partial charge in [0.15, 0.2) is 0 Å². The molecule has 0 bridgehead atoms. The van der Waals surface area contributed by atoms with E-state index in [1.807, 2.05) is 19.9 Å². The number of nitrogens with one attached hydrogen (secondary N) is 1. The number of rotatable bonds is 5. The second kappa shape index (κ2) is 7.06. The third-order valence-electron chi connectivity index (χ3n) is 3.97. The molecule has 1 aliphatic heterocycles. The average molecular weight is 318 g/mol. The predicted molar refractivity (Wildman–Crippen MR) is 89.2 cm³/mol. The number of hydrogen-bond donors (Lipinski definition) is 1. The van der Waals surface area contributed by atoms with Crippen LogP contribution in [0.4, 0.5) is 0 Å². The predicted octanol–water partition coefficient (Wildman–Crippen LogP) is 2.90. The Labute approximate surface area is 136 Å². The molecule has 1 aromatic rings. The summed E-state index contributed by atoms with van der Waals surface area (Å²) in [5.74, 6) is 2.31. The minimum Gasteiger partial charge on any atom is -0.493 e. The smallest absolute Gasteiger partial charge is 0.224 e. The van der Waals surface area contributed by atoms with Crippen molar-refractivity contribution in [3.63, 3.8) is 0 Å². The van der Waals surface area contributed by atoms with Gasteiger partial charge in [-0.1, -0.05) is 6.07 Å². The summed E-state index contributed by atoms with van der Waals surface area (Å²) >= 11 is 1.70. The highest BCUT2D eigenvalue weighted by Gasteiger charge is 2.35. The van der Waals surface area contributed by atoms with Crippen LogP contribution in [0.1, 0.15) is 29.5 Å². The lowest BCUT2D eigenvalue weighted by molar-refractivity contribution is -0.122. The Bertz CT molecular complexity index is 601. The molecular weight excluding hydrogens is 296 g/mol. The number of aryl methyl sites for hydroxylation is 2. The summed E-state index contributed by atoms with van der Waals surface area (Å²) < 4.78 is 5.75. The van der Waals surface area contributed by atoms with Gasteiger partial charge in [-0.3, -0.25) is 4.79 Å². The second-order valence-electron chi connectivity index (χ2n) is 5.85. The molecule has 0 spiro atoms. The number of amides is 1. The Morgan fingerprint density at radius 2 is 2.23 bits per heavy atom. The van der Waals surface area contributed by atoms with Crippen molar-refractivity contribution >= 4 is 17.7 Å². The lowest BCUT2D eigenvalue weighted by Crippen LogP contribution is -2.47. The standard InChI is InChI=1S/C17H22N2O2S/c1-12-8-13(2)14(3)15(9-12)21-6-4-16(20)19-17(10-18)5-7-22-11-17/h8-9H,4-7,11H2,1-3H3,(H,19,20)/t17-/m1/s1. The Morgan fingerprint density at radius 1 is 1.45 bits per heavy atom. The Balaban J connectivity index is 1.86. The number of ether oxygens (including phenoxy) is 1. The van der Waals surface area contributed by atoms with E-state index >= 15 is 0 Å². The van der Waals surface area contributed by atoms with Gasteiger partial charge in [0.2, 0.25) is 5.91 Å². The number of carbonyl (C=O) groups excluding carboxylic acids is 1. The Morgan fingerprint density at radius 3 is 2.86 bits per heavy atom. The lowest BCUT2D eigenvalue weighted by Gasteiger charge is -2.21. The molecule has 22 heavy (non-hydrogen) atoms. The highest BCUT2D eigenvalue weighted by Crippen LogP contribution is 2.27. The van der Waals surface area contributed by atoms with Gasteiger partial charge in [-0.2, -0.15) is 17.0 Å². The van der Waals surface area contributed by atoms with E-state index in [4.69, 9.17) is 4.74 Å². The molecule has 0 aliphatic carbocycles. The van der Waals surface area contributed by atoms with Crippen LogP contribution in [0.25, 0.3) is 0 Å². The van der Waals surface area contributed by atoms with E-state index in [1.54, 1.807) is 11.8 Å². The molecule has 1 aromatic carbocycles. The van der Waals surface area contributed by atoms with Crippen LogP contribution in [0.2, 0.25) is 0 Å². The molecule has 0 saturated carbocycles. The summed E-state index contributed by atoms with van der Waals surface area (Å²) in [5, 5.41) is 12.1. The van der Waals surface area contributed by atoms with Crippen molar-refractivity contribution in [3.05, 3.63) is 28.8 Å². The second-order valence-corrected chi connectivity index (χ2v) is 6.95.